The minimum Gasteiger partial charge on any atom is -0.382 e. The number of aromatic nitrogens is 1. The Balaban J connectivity index is 0. The monoisotopic (exact) mass is 283 g/mol. The number of hydrogen-bond donors (Lipinski definition) is 2. The fraction of sp³-hybridized carbons (Fsp3) is 0.300. The summed E-state index contributed by atoms with van der Waals surface area (Å²) in [5.74, 6) is 0.357. The van der Waals surface area contributed by atoms with E-state index < -0.39 is 0 Å². The van der Waals surface area contributed by atoms with Gasteiger partial charge in [0.1, 0.15) is 5.82 Å². The van der Waals surface area contributed by atoms with Crippen LogP contribution in [-0.2, 0) is 0 Å². The number of nitrogens with two attached hydrogens (primary N) is 2. The number of nitrogen functional groups attached to an aromatic ring is 1. The van der Waals surface area contributed by atoms with Gasteiger partial charge in [-0.3, -0.25) is 0 Å². The van der Waals surface area contributed by atoms with Gasteiger partial charge in [-0.2, -0.15) is 0 Å². The van der Waals surface area contributed by atoms with E-state index in [4.69, 9.17) is 23.1 Å². The number of nitrogens with zero attached hydrogens (tertiary/aromatic N) is 1. The van der Waals surface area contributed by atoms with E-state index in [9.17, 15) is 0 Å². The highest BCUT2D eigenvalue weighted by molar-refractivity contribution is 6.32. The van der Waals surface area contributed by atoms with Crippen LogP contribution in [-0.4, -0.2) is 11.0 Å². The smallest absolute Gasteiger partial charge is 0.142 e. The normalized spacial score (nSPS) is 11.7. The first-order valence-corrected chi connectivity index (χ1v) is 4.80. The van der Waals surface area contributed by atoms with Gasteiger partial charge in [-0.15, -0.1) is 24.8 Å². The van der Waals surface area contributed by atoms with Crippen molar-refractivity contribution in [3.63, 3.8) is 0 Å². The fourth-order valence-corrected chi connectivity index (χ4v) is 1.15. The van der Waals surface area contributed by atoms with Crippen molar-refractivity contribution >= 4 is 48.3 Å². The van der Waals surface area contributed by atoms with Crippen LogP contribution >= 0.6 is 36.4 Å². The van der Waals surface area contributed by atoms with Gasteiger partial charge in [-0.05, 0) is 25.0 Å². The predicted molar refractivity (Wildman–Crippen MR) is 75.5 cm³/mol. The molecule has 0 spiro atoms. The van der Waals surface area contributed by atoms with Gasteiger partial charge in [-0.1, -0.05) is 23.8 Å². The van der Waals surface area contributed by atoms with Gasteiger partial charge in [0.15, 0.2) is 0 Å². The van der Waals surface area contributed by atoms with E-state index >= 15 is 0 Å². The Morgan fingerprint density at radius 1 is 1.50 bits per heavy atom. The summed E-state index contributed by atoms with van der Waals surface area (Å²) in [4.78, 5) is 3.94. The molecule has 0 aromatic carbocycles. The molecule has 1 aromatic rings. The van der Waals surface area contributed by atoms with Gasteiger partial charge < -0.3 is 11.5 Å². The van der Waals surface area contributed by atoms with E-state index in [1.807, 2.05) is 19.1 Å². The largest absolute Gasteiger partial charge is 0.382 e. The highest BCUT2D eigenvalue weighted by atomic mass is 35.5. The Bertz CT molecular complexity index is 340. The lowest BCUT2D eigenvalue weighted by Crippen LogP contribution is -2.12. The minimum absolute atomic E-state index is 0. The lowest BCUT2D eigenvalue weighted by Gasteiger charge is -1.99. The van der Waals surface area contributed by atoms with Crippen LogP contribution in [0.25, 0.3) is 6.08 Å². The standard InChI is InChI=1S/C10H14ClN3.2ClH/c1-7(12)3-2-4-8-5-9(11)10(13)14-6-8;;/h2,4-7H,3,12H2,1H3,(H2,13,14);2*1H/b4-2+;;/t7-;;/m1../s1. The molecule has 0 saturated carbocycles. The Hall–Kier alpha value is -0.480. The molecule has 4 N–H and O–H groups in total. The Morgan fingerprint density at radius 3 is 2.62 bits per heavy atom. The zero-order valence-electron chi connectivity index (χ0n) is 8.89. The SMILES string of the molecule is C[C@@H](N)C/C=C/c1cnc(N)c(Cl)c1.Cl.Cl. The van der Waals surface area contributed by atoms with E-state index in [1.54, 1.807) is 12.3 Å². The summed E-state index contributed by atoms with van der Waals surface area (Å²) in [5, 5.41) is 0.480. The number of rotatable bonds is 3. The van der Waals surface area contributed by atoms with Gasteiger partial charge in [0.25, 0.3) is 0 Å². The lowest BCUT2D eigenvalue weighted by atomic mass is 10.2. The molecule has 1 heterocycles. The van der Waals surface area contributed by atoms with Crippen molar-refractivity contribution in [1.29, 1.82) is 0 Å². The Labute approximate surface area is 113 Å². The molecule has 1 atom stereocenters. The predicted octanol–water partition coefficient (Wildman–Crippen LogP) is 2.91. The summed E-state index contributed by atoms with van der Waals surface area (Å²) < 4.78 is 0. The van der Waals surface area contributed by atoms with Crippen LogP contribution in [0.1, 0.15) is 18.9 Å². The van der Waals surface area contributed by atoms with Crippen LogP contribution in [0, 0.1) is 0 Å². The zero-order valence-corrected chi connectivity index (χ0v) is 11.3. The molecule has 0 aliphatic rings. The average Bonchev–Trinajstić information content (AvgIpc) is 2.10. The maximum Gasteiger partial charge on any atom is 0.142 e. The van der Waals surface area contributed by atoms with Gasteiger partial charge in [0, 0.05) is 12.2 Å². The first kappa shape index (κ1) is 17.9. The second-order valence-corrected chi connectivity index (χ2v) is 3.66. The molecule has 3 nitrogen and oxygen atoms in total. The molecule has 1 aromatic heterocycles. The van der Waals surface area contributed by atoms with Crippen molar-refractivity contribution in [2.75, 3.05) is 5.73 Å². The van der Waals surface area contributed by atoms with Crippen LogP contribution in [0.5, 0.6) is 0 Å². The molecule has 0 bridgehead atoms. The fourth-order valence-electron chi connectivity index (χ4n) is 0.973. The Kier molecular flexibility index (Phi) is 9.67. The maximum absolute atomic E-state index is 5.81. The molecule has 0 fully saturated rings. The summed E-state index contributed by atoms with van der Waals surface area (Å²) in [6, 6.07) is 1.95. The second-order valence-electron chi connectivity index (χ2n) is 3.25. The number of hydrogen-bond acceptors (Lipinski definition) is 3. The molecule has 0 unspecified atom stereocenters. The second kappa shape index (κ2) is 8.65. The summed E-state index contributed by atoms with van der Waals surface area (Å²) in [7, 11) is 0. The van der Waals surface area contributed by atoms with Crippen molar-refractivity contribution in [3.05, 3.63) is 28.9 Å². The molecule has 16 heavy (non-hydrogen) atoms. The minimum atomic E-state index is 0. The van der Waals surface area contributed by atoms with Gasteiger partial charge in [0.05, 0.1) is 5.02 Å². The van der Waals surface area contributed by atoms with E-state index in [1.165, 1.54) is 0 Å². The number of halogens is 3. The third-order valence-electron chi connectivity index (χ3n) is 1.71. The Morgan fingerprint density at radius 2 is 2.12 bits per heavy atom. The molecule has 0 aliphatic heterocycles. The van der Waals surface area contributed by atoms with Crippen LogP contribution in [0.4, 0.5) is 5.82 Å². The first-order valence-electron chi connectivity index (χ1n) is 4.42. The van der Waals surface area contributed by atoms with Crippen molar-refractivity contribution in [3.8, 4) is 0 Å². The van der Waals surface area contributed by atoms with Crippen LogP contribution in [0.3, 0.4) is 0 Å². The van der Waals surface area contributed by atoms with Crippen molar-refractivity contribution in [2.24, 2.45) is 5.73 Å². The molecule has 0 radical (unpaired) electrons. The van der Waals surface area contributed by atoms with Crippen molar-refractivity contribution in [1.82, 2.24) is 4.98 Å². The number of anilines is 1. The molecule has 6 heteroatoms. The van der Waals surface area contributed by atoms with E-state index in [2.05, 4.69) is 4.98 Å². The first-order chi connectivity index (χ1) is 6.59. The molecule has 0 amide bonds. The summed E-state index contributed by atoms with van der Waals surface area (Å²) in [5.41, 5.74) is 12.0. The van der Waals surface area contributed by atoms with Gasteiger partial charge in [-0.25, -0.2) is 4.98 Å². The van der Waals surface area contributed by atoms with Gasteiger partial charge in [0.2, 0.25) is 0 Å². The molecular weight excluding hydrogens is 268 g/mol. The van der Waals surface area contributed by atoms with Gasteiger partial charge >= 0.3 is 0 Å². The third-order valence-corrected chi connectivity index (χ3v) is 2.01. The third kappa shape index (κ3) is 6.18. The summed E-state index contributed by atoms with van der Waals surface area (Å²) in [6.45, 7) is 1.96. The molecule has 0 aliphatic carbocycles. The summed E-state index contributed by atoms with van der Waals surface area (Å²) in [6.07, 6.45) is 6.44. The molecule has 92 valence electrons. The maximum atomic E-state index is 5.81. The van der Waals surface area contributed by atoms with Crippen molar-refractivity contribution < 1.29 is 0 Å². The van der Waals surface area contributed by atoms with E-state index in [0.29, 0.717) is 10.8 Å². The lowest BCUT2D eigenvalue weighted by molar-refractivity contribution is 0.759. The highest BCUT2D eigenvalue weighted by Crippen LogP contribution is 2.17. The molecule has 0 saturated heterocycles. The highest BCUT2D eigenvalue weighted by Gasteiger charge is 1.96. The average molecular weight is 285 g/mol. The topological polar surface area (TPSA) is 64.9 Å². The van der Waals surface area contributed by atoms with Crippen LogP contribution in [0.15, 0.2) is 18.3 Å². The number of pyridine rings is 1. The van der Waals surface area contributed by atoms with E-state index in [-0.39, 0.29) is 30.9 Å². The van der Waals surface area contributed by atoms with Crippen molar-refractivity contribution in [2.45, 2.75) is 19.4 Å². The van der Waals surface area contributed by atoms with E-state index in [0.717, 1.165) is 12.0 Å². The molecule has 1 rings (SSSR count). The van der Waals surface area contributed by atoms with Crippen LogP contribution in [0.2, 0.25) is 5.02 Å². The van der Waals surface area contributed by atoms with Crippen LogP contribution < -0.4 is 11.5 Å². The quantitative estimate of drug-likeness (QED) is 0.897. The zero-order chi connectivity index (χ0) is 10.6. The summed E-state index contributed by atoms with van der Waals surface area (Å²) >= 11 is 5.81. The molecular formula is C10H16Cl3N3.